The number of para-hydroxylation sites is 1. The molecule has 3 aromatic heterocycles. The van der Waals surface area contributed by atoms with Gasteiger partial charge in [0.1, 0.15) is 23.9 Å². The number of alkyl carbamates (subject to hydrolysis) is 1. The summed E-state index contributed by atoms with van der Waals surface area (Å²) in [6.07, 6.45) is 6.74. The highest BCUT2D eigenvalue weighted by molar-refractivity contribution is 5.92. The van der Waals surface area contributed by atoms with E-state index in [1.807, 2.05) is 42.7 Å². The average molecular weight is 672 g/mol. The van der Waals surface area contributed by atoms with Gasteiger partial charge in [0.25, 0.3) is 0 Å². The number of hydrogen-bond donors (Lipinski definition) is 3. The molecule has 2 aliphatic rings. The van der Waals surface area contributed by atoms with Crippen LogP contribution in [0.4, 0.5) is 4.79 Å². The van der Waals surface area contributed by atoms with Gasteiger partial charge < -0.3 is 34.1 Å². The quantitative estimate of drug-likeness (QED) is 0.137. The zero-order valence-electron chi connectivity index (χ0n) is 28.4. The maximum absolute atomic E-state index is 12.0. The topological polar surface area (TPSA) is 122 Å². The predicted octanol–water partition coefficient (Wildman–Crippen LogP) is 7.58. The van der Waals surface area contributed by atoms with E-state index in [9.17, 15) is 4.79 Å². The van der Waals surface area contributed by atoms with Gasteiger partial charge in [0.2, 0.25) is 6.23 Å². The van der Waals surface area contributed by atoms with Gasteiger partial charge in [-0.25, -0.2) is 14.8 Å². The highest BCUT2D eigenvalue weighted by Crippen LogP contribution is 2.44. The lowest BCUT2D eigenvalue weighted by molar-refractivity contribution is 0.0725. The van der Waals surface area contributed by atoms with Crippen LogP contribution in [0, 0.1) is 5.92 Å². The Morgan fingerprint density at radius 1 is 1.04 bits per heavy atom. The van der Waals surface area contributed by atoms with Crippen molar-refractivity contribution in [3.8, 4) is 45.3 Å². The van der Waals surface area contributed by atoms with Gasteiger partial charge >= 0.3 is 6.09 Å². The molecule has 3 atom stereocenters. The van der Waals surface area contributed by atoms with E-state index < -0.39 is 6.09 Å². The molecule has 8 rings (SSSR count). The highest BCUT2D eigenvalue weighted by Gasteiger charge is 2.32. The lowest BCUT2D eigenvalue weighted by Gasteiger charge is -2.30. The number of amides is 1. The van der Waals surface area contributed by atoms with Crippen LogP contribution in [0.15, 0.2) is 91.5 Å². The number of fused-ring (bicyclic) bond motifs is 5. The summed E-state index contributed by atoms with van der Waals surface area (Å²) < 4.78 is 20.1. The number of nitrogens with one attached hydrogen (secondary N) is 3. The first-order valence-corrected chi connectivity index (χ1v) is 17.2. The molecule has 0 radical (unpaired) electrons. The molecular weight excluding hydrogens is 630 g/mol. The van der Waals surface area contributed by atoms with Gasteiger partial charge in [-0.3, -0.25) is 4.90 Å². The Hall–Kier alpha value is -5.55. The zero-order chi connectivity index (χ0) is 34.2. The molecule has 11 nitrogen and oxygen atoms in total. The predicted molar refractivity (Wildman–Crippen MR) is 192 cm³/mol. The number of carbonyl (C=O) groups excluding carboxylic acids is 1. The SMILES string of the molecule is COC(=O)NC(CN1CCCC1c1ncc(-c2ccc3c(c2)cc2n3C(COc3ccccc3)Oc3cc(-c4cnc[nH]4)ccc3-2)[nH]1)C(C)C. The van der Waals surface area contributed by atoms with Crippen LogP contribution in [-0.2, 0) is 4.74 Å². The smallest absolute Gasteiger partial charge is 0.407 e. The molecule has 3 N–H and O–H groups in total. The maximum atomic E-state index is 12.0. The second-order valence-corrected chi connectivity index (χ2v) is 13.4. The van der Waals surface area contributed by atoms with Gasteiger partial charge in [0.15, 0.2) is 0 Å². The second kappa shape index (κ2) is 13.4. The molecule has 2 aliphatic heterocycles. The fraction of sp³-hybridized carbons (Fsp3) is 0.308. The average Bonchev–Trinajstić information content (AvgIpc) is 3.97. The fourth-order valence-corrected chi connectivity index (χ4v) is 7.22. The van der Waals surface area contributed by atoms with Crippen molar-refractivity contribution in [1.82, 2.24) is 34.7 Å². The number of aromatic amines is 2. The molecule has 0 saturated carbocycles. The Morgan fingerprint density at radius 2 is 1.88 bits per heavy atom. The third-order valence-corrected chi connectivity index (χ3v) is 9.90. The molecule has 11 heteroatoms. The monoisotopic (exact) mass is 671 g/mol. The molecule has 256 valence electrons. The Labute approximate surface area is 290 Å². The third-order valence-electron chi connectivity index (χ3n) is 9.90. The van der Waals surface area contributed by atoms with E-state index in [1.165, 1.54) is 7.11 Å². The minimum absolute atomic E-state index is 0.0196. The fourth-order valence-electron chi connectivity index (χ4n) is 7.22. The van der Waals surface area contributed by atoms with Crippen molar-refractivity contribution < 1.29 is 19.0 Å². The van der Waals surface area contributed by atoms with E-state index in [2.05, 4.69) is 86.0 Å². The summed E-state index contributed by atoms with van der Waals surface area (Å²) in [7, 11) is 1.40. The standard InChI is InChI=1S/C39H41N7O4/c1-24(2)32(44-39(47)48-3)21-45-15-7-10-34(45)38-41-20-31(43-38)25-12-14-33-27(16-25)17-35-29-13-11-26(30-19-40-23-42-30)18-36(29)50-37(46(33)35)22-49-28-8-5-4-6-9-28/h4-6,8-9,11-14,16-20,23-24,32,34,37H,7,10,15,21-22H2,1-3H3,(H,40,42)(H,41,43)(H,44,47). The van der Waals surface area contributed by atoms with Gasteiger partial charge in [0.05, 0.1) is 54.5 Å². The van der Waals surface area contributed by atoms with E-state index in [1.54, 1.807) is 6.33 Å². The first-order chi connectivity index (χ1) is 24.4. The lowest BCUT2D eigenvalue weighted by atomic mass is 10.0. The van der Waals surface area contributed by atoms with E-state index in [0.29, 0.717) is 6.61 Å². The molecular formula is C39H41N7O4. The van der Waals surface area contributed by atoms with Crippen LogP contribution in [-0.4, -0.2) is 68.3 Å². The minimum atomic E-state index is -0.397. The Kier molecular flexibility index (Phi) is 8.49. The van der Waals surface area contributed by atoms with Crippen molar-refractivity contribution in [3.63, 3.8) is 0 Å². The third kappa shape index (κ3) is 6.09. The second-order valence-electron chi connectivity index (χ2n) is 13.4. The number of ether oxygens (including phenoxy) is 3. The van der Waals surface area contributed by atoms with E-state index >= 15 is 0 Å². The van der Waals surface area contributed by atoms with Crippen LogP contribution in [0.25, 0.3) is 44.7 Å². The van der Waals surface area contributed by atoms with Crippen LogP contribution in [0.1, 0.15) is 44.8 Å². The number of imidazole rings is 2. The van der Waals surface area contributed by atoms with Gasteiger partial charge in [-0.05, 0) is 67.8 Å². The first kappa shape index (κ1) is 31.7. The van der Waals surface area contributed by atoms with E-state index in [-0.39, 0.29) is 24.2 Å². The minimum Gasteiger partial charge on any atom is -0.488 e. The Morgan fingerprint density at radius 3 is 2.68 bits per heavy atom. The van der Waals surface area contributed by atoms with Crippen molar-refractivity contribution in [2.45, 2.75) is 45.0 Å². The van der Waals surface area contributed by atoms with Crippen LogP contribution in [0.5, 0.6) is 11.5 Å². The number of hydrogen-bond acceptors (Lipinski definition) is 7. The van der Waals surface area contributed by atoms with Crippen LogP contribution in [0.3, 0.4) is 0 Å². The number of carbonyl (C=O) groups is 1. The van der Waals surface area contributed by atoms with Gasteiger partial charge in [-0.2, -0.15) is 0 Å². The van der Waals surface area contributed by atoms with Crippen molar-refractivity contribution in [2.24, 2.45) is 5.92 Å². The normalized spacial score (nSPS) is 17.7. The largest absolute Gasteiger partial charge is 0.488 e. The Bertz CT molecular complexity index is 2100. The van der Waals surface area contributed by atoms with Gasteiger partial charge in [0, 0.05) is 34.7 Å². The summed E-state index contributed by atoms with van der Waals surface area (Å²) >= 11 is 0. The maximum Gasteiger partial charge on any atom is 0.407 e. The van der Waals surface area contributed by atoms with Crippen LogP contribution >= 0.6 is 0 Å². The van der Waals surface area contributed by atoms with Gasteiger partial charge in [-0.15, -0.1) is 0 Å². The number of aromatic nitrogens is 5. The molecule has 50 heavy (non-hydrogen) atoms. The van der Waals surface area contributed by atoms with Crippen molar-refractivity contribution in [3.05, 3.63) is 97.3 Å². The summed E-state index contributed by atoms with van der Waals surface area (Å²) in [6.45, 7) is 6.27. The molecule has 1 saturated heterocycles. The highest BCUT2D eigenvalue weighted by atomic mass is 16.5. The van der Waals surface area contributed by atoms with Crippen molar-refractivity contribution >= 4 is 17.0 Å². The first-order valence-electron chi connectivity index (χ1n) is 17.2. The molecule has 0 bridgehead atoms. The number of benzene rings is 3. The molecule has 1 fully saturated rings. The van der Waals surface area contributed by atoms with E-state index in [4.69, 9.17) is 19.2 Å². The van der Waals surface area contributed by atoms with E-state index in [0.717, 1.165) is 87.9 Å². The van der Waals surface area contributed by atoms with Crippen LogP contribution < -0.4 is 14.8 Å². The summed E-state index contributed by atoms with van der Waals surface area (Å²) in [6, 6.07) is 25.0. The molecule has 6 aromatic rings. The molecule has 5 heterocycles. The summed E-state index contributed by atoms with van der Waals surface area (Å²) in [5.74, 6) is 2.81. The zero-order valence-corrected chi connectivity index (χ0v) is 28.4. The van der Waals surface area contributed by atoms with Crippen molar-refractivity contribution in [2.75, 3.05) is 26.8 Å². The lowest BCUT2D eigenvalue weighted by Crippen LogP contribution is -2.46. The molecule has 0 spiro atoms. The number of rotatable bonds is 10. The molecule has 0 aliphatic carbocycles. The van der Waals surface area contributed by atoms with Crippen LogP contribution in [0.2, 0.25) is 0 Å². The molecule has 1 amide bonds. The number of nitrogens with zero attached hydrogens (tertiary/aromatic N) is 4. The van der Waals surface area contributed by atoms with Crippen molar-refractivity contribution in [1.29, 1.82) is 0 Å². The summed E-state index contributed by atoms with van der Waals surface area (Å²) in [5.41, 5.74) is 7.12. The molecule has 3 unspecified atom stereocenters. The summed E-state index contributed by atoms with van der Waals surface area (Å²) in [4.78, 5) is 30.3. The van der Waals surface area contributed by atoms with Gasteiger partial charge in [-0.1, -0.05) is 44.2 Å². The number of likely N-dealkylation sites (tertiary alicyclic amines) is 1. The number of methoxy groups -OCH3 is 1. The molecule has 3 aromatic carbocycles. The number of H-pyrrole nitrogens is 2. The Balaban J connectivity index is 1.10. The summed E-state index contributed by atoms with van der Waals surface area (Å²) in [5, 5.41) is 4.11.